The average molecular weight is 297 g/mol. The Bertz CT molecular complexity index is 655. The summed E-state index contributed by atoms with van der Waals surface area (Å²) in [6.45, 7) is 0.602. The Hall–Kier alpha value is -2.50. The predicted octanol–water partition coefficient (Wildman–Crippen LogP) is 1.65. The number of amides is 1. The lowest BCUT2D eigenvalue weighted by molar-refractivity contribution is -0.122. The molecule has 6 nitrogen and oxygen atoms in total. The summed E-state index contributed by atoms with van der Waals surface area (Å²) in [6.07, 6.45) is 6.18. The fourth-order valence-corrected chi connectivity index (χ4v) is 2.19. The van der Waals surface area contributed by atoms with E-state index in [-0.39, 0.29) is 11.8 Å². The van der Waals surface area contributed by atoms with Crippen molar-refractivity contribution in [3.63, 3.8) is 0 Å². The number of rotatable bonds is 6. The molecule has 2 heterocycles. The van der Waals surface area contributed by atoms with Gasteiger partial charge in [-0.1, -0.05) is 0 Å². The van der Waals surface area contributed by atoms with Crippen LogP contribution >= 0.6 is 0 Å². The molecule has 0 aliphatic heterocycles. The number of hydrogen-bond acceptors (Lipinski definition) is 5. The maximum absolute atomic E-state index is 11.6. The Kier molecular flexibility index (Phi) is 4.27. The van der Waals surface area contributed by atoms with Gasteiger partial charge in [0.25, 0.3) is 0 Å². The van der Waals surface area contributed by atoms with Gasteiger partial charge >= 0.3 is 0 Å². The van der Waals surface area contributed by atoms with Crippen molar-refractivity contribution in [2.45, 2.75) is 19.3 Å². The van der Waals surface area contributed by atoms with E-state index in [0.717, 1.165) is 29.9 Å². The van der Waals surface area contributed by atoms with Gasteiger partial charge in [0.05, 0.1) is 0 Å². The van der Waals surface area contributed by atoms with Crippen molar-refractivity contribution in [3.8, 4) is 11.4 Å². The van der Waals surface area contributed by atoms with Gasteiger partial charge in [-0.3, -0.25) is 9.78 Å². The van der Waals surface area contributed by atoms with Crippen LogP contribution in [0.3, 0.4) is 0 Å². The van der Waals surface area contributed by atoms with Crippen molar-refractivity contribution < 1.29 is 4.79 Å². The summed E-state index contributed by atoms with van der Waals surface area (Å²) in [7, 11) is 1.83. The smallest absolute Gasteiger partial charge is 0.223 e. The number of pyridine rings is 1. The molecule has 1 saturated carbocycles. The van der Waals surface area contributed by atoms with E-state index < -0.39 is 0 Å². The van der Waals surface area contributed by atoms with Gasteiger partial charge in [-0.2, -0.15) is 0 Å². The van der Waals surface area contributed by atoms with Crippen molar-refractivity contribution in [1.29, 1.82) is 0 Å². The minimum atomic E-state index is 0.164. The van der Waals surface area contributed by atoms with Gasteiger partial charge in [0.2, 0.25) is 5.91 Å². The molecule has 1 aliphatic rings. The van der Waals surface area contributed by atoms with Crippen LogP contribution in [0.1, 0.15) is 18.5 Å². The molecule has 0 spiro atoms. The Labute approximate surface area is 129 Å². The fourth-order valence-electron chi connectivity index (χ4n) is 2.19. The monoisotopic (exact) mass is 297 g/mol. The van der Waals surface area contributed by atoms with Crippen LogP contribution < -0.4 is 10.6 Å². The second-order valence-electron chi connectivity index (χ2n) is 5.37. The largest absolute Gasteiger partial charge is 0.373 e. The summed E-state index contributed by atoms with van der Waals surface area (Å²) in [5.74, 6) is 1.84. The van der Waals surface area contributed by atoms with Crippen LogP contribution in [0.2, 0.25) is 0 Å². The second kappa shape index (κ2) is 6.51. The molecule has 0 radical (unpaired) electrons. The quantitative estimate of drug-likeness (QED) is 0.847. The Morgan fingerprint density at radius 3 is 2.73 bits per heavy atom. The maximum Gasteiger partial charge on any atom is 0.223 e. The fraction of sp³-hybridized carbons (Fsp3) is 0.375. The zero-order chi connectivity index (χ0) is 15.4. The normalized spacial score (nSPS) is 13.7. The molecule has 0 unspecified atom stereocenters. The molecule has 3 rings (SSSR count). The molecule has 2 aromatic heterocycles. The molecule has 0 atom stereocenters. The van der Waals surface area contributed by atoms with Crippen LogP contribution in [0.25, 0.3) is 11.4 Å². The first-order valence-electron chi connectivity index (χ1n) is 7.50. The van der Waals surface area contributed by atoms with Gasteiger partial charge in [-0.15, -0.1) is 0 Å². The molecule has 22 heavy (non-hydrogen) atoms. The third-order valence-corrected chi connectivity index (χ3v) is 3.60. The molecule has 1 fully saturated rings. The highest BCUT2D eigenvalue weighted by Gasteiger charge is 2.29. The molecule has 114 valence electrons. The molecular weight excluding hydrogens is 278 g/mol. The number of aromatic nitrogens is 3. The molecular formula is C16H19N5O. The number of carbonyl (C=O) groups excluding carboxylic acids is 1. The first-order chi connectivity index (χ1) is 10.8. The summed E-state index contributed by atoms with van der Waals surface area (Å²) >= 11 is 0. The molecule has 0 bridgehead atoms. The summed E-state index contributed by atoms with van der Waals surface area (Å²) in [4.78, 5) is 24.7. The van der Waals surface area contributed by atoms with Crippen LogP contribution in [0, 0.1) is 5.92 Å². The lowest BCUT2D eigenvalue weighted by Gasteiger charge is -2.08. The van der Waals surface area contributed by atoms with E-state index in [1.54, 1.807) is 12.4 Å². The van der Waals surface area contributed by atoms with Crippen molar-refractivity contribution >= 4 is 11.7 Å². The first-order valence-corrected chi connectivity index (χ1v) is 7.50. The number of nitrogens with one attached hydrogen (secondary N) is 2. The van der Waals surface area contributed by atoms with Crippen molar-refractivity contribution in [3.05, 3.63) is 36.3 Å². The van der Waals surface area contributed by atoms with Gasteiger partial charge in [-0.25, -0.2) is 9.97 Å². The van der Waals surface area contributed by atoms with Crippen LogP contribution in [0.4, 0.5) is 5.82 Å². The Balaban J connectivity index is 1.71. The van der Waals surface area contributed by atoms with E-state index in [1.807, 2.05) is 25.2 Å². The Morgan fingerprint density at radius 2 is 2.05 bits per heavy atom. The summed E-state index contributed by atoms with van der Waals surface area (Å²) in [6, 6.07) is 5.68. The topological polar surface area (TPSA) is 79.8 Å². The van der Waals surface area contributed by atoms with E-state index in [2.05, 4.69) is 25.6 Å². The molecule has 2 aromatic rings. The highest BCUT2D eigenvalue weighted by molar-refractivity contribution is 5.80. The van der Waals surface area contributed by atoms with Gasteiger partial charge in [-0.05, 0) is 25.0 Å². The van der Waals surface area contributed by atoms with Crippen molar-refractivity contribution in [1.82, 2.24) is 20.3 Å². The minimum absolute atomic E-state index is 0.164. The minimum Gasteiger partial charge on any atom is -0.373 e. The van der Waals surface area contributed by atoms with Crippen LogP contribution in [0.5, 0.6) is 0 Å². The average Bonchev–Trinajstić information content (AvgIpc) is 3.40. The van der Waals surface area contributed by atoms with Gasteiger partial charge in [0, 0.05) is 55.6 Å². The highest BCUT2D eigenvalue weighted by Crippen LogP contribution is 2.28. The number of anilines is 1. The molecule has 0 aromatic carbocycles. The van der Waals surface area contributed by atoms with Crippen LogP contribution in [0.15, 0.2) is 30.6 Å². The van der Waals surface area contributed by atoms with E-state index in [0.29, 0.717) is 18.8 Å². The van der Waals surface area contributed by atoms with Gasteiger partial charge < -0.3 is 10.6 Å². The molecule has 6 heteroatoms. The van der Waals surface area contributed by atoms with Gasteiger partial charge in [0.1, 0.15) is 5.82 Å². The van der Waals surface area contributed by atoms with E-state index in [1.165, 1.54) is 0 Å². The lowest BCUT2D eigenvalue weighted by atomic mass is 10.2. The summed E-state index contributed by atoms with van der Waals surface area (Å²) < 4.78 is 0. The van der Waals surface area contributed by atoms with E-state index in [9.17, 15) is 4.79 Å². The molecule has 2 N–H and O–H groups in total. The second-order valence-corrected chi connectivity index (χ2v) is 5.37. The highest BCUT2D eigenvalue weighted by atomic mass is 16.2. The number of carbonyl (C=O) groups is 1. The summed E-state index contributed by atoms with van der Waals surface area (Å²) in [5, 5.41) is 6.01. The molecule has 1 amide bonds. The molecule has 0 saturated heterocycles. The standard InChI is InChI=1S/C16H19N5O/c1-17-14-10-13(6-9-19-16(22)12-2-3-12)20-15(21-14)11-4-7-18-8-5-11/h4-5,7-8,10,12H,2-3,6,9H2,1H3,(H,19,22)(H,17,20,21). The SMILES string of the molecule is CNc1cc(CCNC(=O)C2CC2)nc(-c2ccncc2)n1. The van der Waals surface area contributed by atoms with Crippen molar-refractivity contribution in [2.24, 2.45) is 5.92 Å². The van der Waals surface area contributed by atoms with Crippen LogP contribution in [-0.4, -0.2) is 34.5 Å². The predicted molar refractivity (Wildman–Crippen MR) is 84.2 cm³/mol. The number of nitrogens with zero attached hydrogens (tertiary/aromatic N) is 3. The lowest BCUT2D eigenvalue weighted by Crippen LogP contribution is -2.27. The third-order valence-electron chi connectivity index (χ3n) is 3.60. The summed E-state index contributed by atoms with van der Waals surface area (Å²) in [5.41, 5.74) is 1.83. The zero-order valence-corrected chi connectivity index (χ0v) is 12.5. The van der Waals surface area contributed by atoms with Crippen LogP contribution in [-0.2, 0) is 11.2 Å². The van der Waals surface area contributed by atoms with E-state index >= 15 is 0 Å². The zero-order valence-electron chi connectivity index (χ0n) is 12.5. The van der Waals surface area contributed by atoms with Gasteiger partial charge in [0.15, 0.2) is 5.82 Å². The third kappa shape index (κ3) is 3.58. The molecule has 1 aliphatic carbocycles. The Morgan fingerprint density at radius 1 is 1.27 bits per heavy atom. The number of hydrogen-bond donors (Lipinski definition) is 2. The van der Waals surface area contributed by atoms with E-state index in [4.69, 9.17) is 0 Å². The maximum atomic E-state index is 11.6. The van der Waals surface area contributed by atoms with Crippen molar-refractivity contribution in [2.75, 3.05) is 18.9 Å². The first kappa shape index (κ1) is 14.4.